The van der Waals surface area contributed by atoms with Crippen LogP contribution in [0.4, 0.5) is 20.9 Å². The van der Waals surface area contributed by atoms with Gasteiger partial charge in [0.05, 0.1) is 5.69 Å². The summed E-state index contributed by atoms with van der Waals surface area (Å²) in [6, 6.07) is 7.23. The molecule has 0 aliphatic rings. The van der Waals surface area contributed by atoms with Gasteiger partial charge in [-0.05, 0) is 36.4 Å². The minimum Gasteiger partial charge on any atom is -0.330 e. The van der Waals surface area contributed by atoms with Crippen LogP contribution in [0.1, 0.15) is 19.5 Å². The number of amides is 1. The van der Waals surface area contributed by atoms with E-state index in [2.05, 4.69) is 30.8 Å². The van der Waals surface area contributed by atoms with Gasteiger partial charge in [0.1, 0.15) is 11.4 Å². The first-order valence-corrected chi connectivity index (χ1v) is 9.34. The largest absolute Gasteiger partial charge is 0.330 e. The molecule has 134 valence electrons. The highest BCUT2D eigenvalue weighted by Gasteiger charge is 2.14. The molecule has 2 N–H and O–H groups in total. The Kier molecular flexibility index (Phi) is 5.74. The molecule has 0 aliphatic heterocycles. The fraction of sp³-hybridized carbons (Fsp3) is 0.188. The van der Waals surface area contributed by atoms with Crippen LogP contribution < -0.4 is 10.6 Å². The Labute approximate surface area is 157 Å². The predicted molar refractivity (Wildman–Crippen MR) is 99.4 cm³/mol. The first-order valence-electron chi connectivity index (χ1n) is 7.70. The maximum atomic E-state index is 14.2. The lowest BCUT2D eigenvalue weighted by atomic mass is 10.3. The summed E-state index contributed by atoms with van der Waals surface area (Å²) in [5.74, 6) is -0.567. The Morgan fingerprint density at radius 2 is 2.08 bits per heavy atom. The molecule has 0 saturated heterocycles. The summed E-state index contributed by atoms with van der Waals surface area (Å²) >= 11 is 2.39. The van der Waals surface area contributed by atoms with Crippen molar-refractivity contribution in [1.82, 2.24) is 20.2 Å². The van der Waals surface area contributed by atoms with Gasteiger partial charge in [-0.25, -0.2) is 14.4 Å². The normalized spacial score (nSPS) is 10.6. The van der Waals surface area contributed by atoms with Crippen LogP contribution in [0.3, 0.4) is 0 Å². The van der Waals surface area contributed by atoms with Gasteiger partial charge in [-0.3, -0.25) is 4.79 Å². The molecular formula is C16H15FN6OS2. The van der Waals surface area contributed by atoms with Crippen LogP contribution in [0.25, 0.3) is 0 Å². The summed E-state index contributed by atoms with van der Waals surface area (Å²) in [6.45, 7) is 3.28. The molecule has 2 heterocycles. The number of hydrogen-bond acceptors (Lipinski definition) is 8. The maximum Gasteiger partial charge on any atom is 0.221 e. The standard InChI is InChI=1S/C16H15FN6OS2/c1-3-12-13(17)14(19-8-18-12)25-16-23-22-15(26-16)21-11-6-4-5-10(7-11)20-9(2)24/h4-8H,3H2,1-2H3,(H,20,24)(H,21,22). The third-order valence-corrected chi connectivity index (χ3v) is 5.06. The molecule has 26 heavy (non-hydrogen) atoms. The lowest BCUT2D eigenvalue weighted by molar-refractivity contribution is -0.114. The van der Waals surface area contributed by atoms with Crippen LogP contribution in [-0.4, -0.2) is 26.1 Å². The van der Waals surface area contributed by atoms with E-state index in [9.17, 15) is 9.18 Å². The molecule has 0 bridgehead atoms. The van der Waals surface area contributed by atoms with Gasteiger partial charge < -0.3 is 10.6 Å². The van der Waals surface area contributed by atoms with Gasteiger partial charge in [0, 0.05) is 18.3 Å². The summed E-state index contributed by atoms with van der Waals surface area (Å²) in [6.07, 6.45) is 1.84. The maximum absolute atomic E-state index is 14.2. The van der Waals surface area contributed by atoms with E-state index in [4.69, 9.17) is 0 Å². The van der Waals surface area contributed by atoms with Crippen molar-refractivity contribution in [3.8, 4) is 0 Å². The van der Waals surface area contributed by atoms with Crippen LogP contribution in [0.15, 0.2) is 40.0 Å². The third-order valence-electron chi connectivity index (χ3n) is 3.19. The van der Waals surface area contributed by atoms with Crippen LogP contribution in [0.2, 0.25) is 0 Å². The summed E-state index contributed by atoms with van der Waals surface area (Å²) in [4.78, 5) is 19.0. The monoisotopic (exact) mass is 390 g/mol. The van der Waals surface area contributed by atoms with Gasteiger partial charge in [-0.15, -0.1) is 10.2 Å². The highest BCUT2D eigenvalue weighted by atomic mass is 32.2. The van der Waals surface area contributed by atoms with Crippen LogP contribution in [-0.2, 0) is 11.2 Å². The number of carbonyl (C=O) groups excluding carboxylic acids is 1. The molecule has 7 nitrogen and oxygen atoms in total. The Morgan fingerprint density at radius 3 is 2.85 bits per heavy atom. The molecule has 0 spiro atoms. The number of aromatic nitrogens is 4. The smallest absolute Gasteiger partial charge is 0.221 e. The SMILES string of the molecule is CCc1ncnc(Sc2nnc(Nc3cccc(NC(C)=O)c3)s2)c1F. The summed E-state index contributed by atoms with van der Waals surface area (Å²) < 4.78 is 14.8. The number of halogens is 1. The van der Waals surface area contributed by atoms with Gasteiger partial charge in [-0.2, -0.15) is 0 Å². The van der Waals surface area contributed by atoms with Crippen molar-refractivity contribution in [2.24, 2.45) is 0 Å². The summed E-state index contributed by atoms with van der Waals surface area (Å²) in [7, 11) is 0. The number of rotatable bonds is 6. The molecule has 0 radical (unpaired) electrons. The zero-order chi connectivity index (χ0) is 18.5. The first kappa shape index (κ1) is 18.2. The van der Waals surface area contributed by atoms with E-state index in [0.29, 0.717) is 27.3 Å². The molecule has 3 aromatic rings. The van der Waals surface area contributed by atoms with E-state index < -0.39 is 5.82 Å². The Balaban J connectivity index is 1.72. The number of nitrogens with zero attached hydrogens (tertiary/aromatic N) is 4. The topological polar surface area (TPSA) is 92.7 Å². The first-order chi connectivity index (χ1) is 12.5. The molecule has 1 amide bonds. The van der Waals surface area contributed by atoms with Gasteiger partial charge >= 0.3 is 0 Å². The Hall–Kier alpha value is -2.59. The van der Waals surface area contributed by atoms with E-state index >= 15 is 0 Å². The highest BCUT2D eigenvalue weighted by molar-refractivity contribution is 8.01. The molecule has 0 unspecified atom stereocenters. The predicted octanol–water partition coefficient (Wildman–Crippen LogP) is 3.88. The van der Waals surface area contributed by atoms with Crippen molar-refractivity contribution < 1.29 is 9.18 Å². The molecule has 2 aromatic heterocycles. The van der Waals surface area contributed by atoms with Crippen LogP contribution in [0, 0.1) is 5.82 Å². The fourth-order valence-electron chi connectivity index (χ4n) is 2.09. The van der Waals surface area contributed by atoms with E-state index in [1.54, 1.807) is 12.1 Å². The summed E-state index contributed by atoms with van der Waals surface area (Å²) in [5, 5.41) is 14.7. The molecule has 1 aromatic carbocycles. The number of benzene rings is 1. The van der Waals surface area contributed by atoms with Gasteiger partial charge in [0.25, 0.3) is 0 Å². The number of anilines is 3. The number of aryl methyl sites for hydroxylation is 1. The van der Waals surface area contributed by atoms with Crippen molar-refractivity contribution in [2.45, 2.75) is 29.6 Å². The van der Waals surface area contributed by atoms with E-state index in [1.807, 2.05) is 19.1 Å². The molecule has 10 heteroatoms. The average molecular weight is 390 g/mol. The quantitative estimate of drug-likeness (QED) is 0.617. The second kappa shape index (κ2) is 8.19. The Bertz CT molecular complexity index is 933. The van der Waals surface area contributed by atoms with E-state index in [0.717, 1.165) is 17.4 Å². The number of hydrogen-bond donors (Lipinski definition) is 2. The van der Waals surface area contributed by atoms with Gasteiger partial charge in [0.15, 0.2) is 10.2 Å². The van der Waals surface area contributed by atoms with Crippen LogP contribution >= 0.6 is 23.1 Å². The van der Waals surface area contributed by atoms with E-state index in [-0.39, 0.29) is 10.9 Å². The van der Waals surface area contributed by atoms with Crippen molar-refractivity contribution in [1.29, 1.82) is 0 Å². The van der Waals surface area contributed by atoms with Crippen molar-refractivity contribution >= 4 is 45.5 Å². The van der Waals surface area contributed by atoms with Gasteiger partial charge in [-0.1, -0.05) is 24.3 Å². The second-order valence-corrected chi connectivity index (χ2v) is 7.37. The third kappa shape index (κ3) is 4.52. The number of carbonyl (C=O) groups is 1. The lowest BCUT2D eigenvalue weighted by Crippen LogP contribution is -2.05. The molecule has 0 saturated carbocycles. The molecule has 0 aliphatic carbocycles. The molecule has 0 fully saturated rings. The van der Waals surface area contributed by atoms with E-state index in [1.165, 1.54) is 24.6 Å². The van der Waals surface area contributed by atoms with Crippen molar-refractivity contribution in [3.05, 3.63) is 42.1 Å². The second-order valence-electron chi connectivity index (χ2n) is 5.16. The highest BCUT2D eigenvalue weighted by Crippen LogP contribution is 2.33. The number of nitrogens with one attached hydrogen (secondary N) is 2. The zero-order valence-electron chi connectivity index (χ0n) is 14.0. The zero-order valence-corrected chi connectivity index (χ0v) is 15.6. The molecular weight excluding hydrogens is 375 g/mol. The lowest BCUT2D eigenvalue weighted by Gasteiger charge is -2.05. The molecule has 0 atom stereocenters. The minimum atomic E-state index is -0.423. The summed E-state index contributed by atoms with van der Waals surface area (Å²) in [5.41, 5.74) is 1.81. The molecule has 3 rings (SSSR count). The van der Waals surface area contributed by atoms with Crippen molar-refractivity contribution in [3.63, 3.8) is 0 Å². The Morgan fingerprint density at radius 1 is 1.27 bits per heavy atom. The average Bonchev–Trinajstić information content (AvgIpc) is 3.03. The fourth-order valence-corrected chi connectivity index (χ4v) is 3.78. The minimum absolute atomic E-state index is 0.143. The van der Waals surface area contributed by atoms with Crippen molar-refractivity contribution in [2.75, 3.05) is 10.6 Å². The van der Waals surface area contributed by atoms with Gasteiger partial charge in [0.2, 0.25) is 11.0 Å². The van der Waals surface area contributed by atoms with Crippen LogP contribution in [0.5, 0.6) is 0 Å².